The van der Waals surface area contributed by atoms with E-state index in [4.69, 9.17) is 10.3 Å². The van der Waals surface area contributed by atoms with Crippen molar-refractivity contribution in [3.8, 4) is 0 Å². The van der Waals surface area contributed by atoms with Crippen LogP contribution in [0.4, 0.5) is 0 Å². The lowest BCUT2D eigenvalue weighted by Crippen LogP contribution is -2.28. The zero-order valence-corrected chi connectivity index (χ0v) is 12.3. The van der Waals surface area contributed by atoms with Gasteiger partial charge in [-0.1, -0.05) is 22.9 Å². The van der Waals surface area contributed by atoms with Crippen molar-refractivity contribution in [3.05, 3.63) is 41.5 Å². The fourth-order valence-electron chi connectivity index (χ4n) is 1.46. The zero-order valence-electron chi connectivity index (χ0n) is 11.5. The number of aryl methyl sites for hydroxylation is 1. The third-order valence-electron chi connectivity index (χ3n) is 2.95. The lowest BCUT2D eigenvalue weighted by molar-refractivity contribution is 0.309. The first-order chi connectivity index (χ1) is 9.01. The molecule has 0 radical (unpaired) electrons. The van der Waals surface area contributed by atoms with E-state index in [-0.39, 0.29) is 5.41 Å². The van der Waals surface area contributed by atoms with Gasteiger partial charge in [-0.25, -0.2) is 0 Å². The number of thioether (sulfide) groups is 1. The van der Waals surface area contributed by atoms with Gasteiger partial charge < -0.3 is 10.3 Å². The Morgan fingerprint density at radius 3 is 2.58 bits per heavy atom. The van der Waals surface area contributed by atoms with Crippen molar-refractivity contribution in [2.45, 2.75) is 36.8 Å². The minimum Gasteiger partial charge on any atom is -0.339 e. The van der Waals surface area contributed by atoms with Gasteiger partial charge in [0, 0.05) is 11.4 Å². The summed E-state index contributed by atoms with van der Waals surface area (Å²) >= 11 is 1.70. The maximum Gasteiger partial charge on any atom is 0.233 e. The average molecular weight is 277 g/mol. The Hall–Kier alpha value is -1.33. The van der Waals surface area contributed by atoms with E-state index in [1.807, 2.05) is 13.8 Å². The topological polar surface area (TPSA) is 64.9 Å². The molecule has 19 heavy (non-hydrogen) atoms. The van der Waals surface area contributed by atoms with Crippen molar-refractivity contribution in [3.63, 3.8) is 0 Å². The fourth-order valence-corrected chi connectivity index (χ4v) is 2.20. The summed E-state index contributed by atoms with van der Waals surface area (Å²) in [5.74, 6) is 2.02. The highest BCUT2D eigenvalue weighted by molar-refractivity contribution is 7.98. The van der Waals surface area contributed by atoms with Crippen molar-refractivity contribution in [1.82, 2.24) is 10.1 Å². The van der Waals surface area contributed by atoms with Crippen LogP contribution in [0.3, 0.4) is 0 Å². The largest absolute Gasteiger partial charge is 0.339 e. The van der Waals surface area contributed by atoms with Gasteiger partial charge in [-0.15, -0.1) is 11.8 Å². The van der Waals surface area contributed by atoms with Crippen molar-refractivity contribution in [1.29, 1.82) is 0 Å². The second-order valence-corrected chi connectivity index (χ2v) is 6.25. The molecule has 0 unspecified atom stereocenters. The predicted octanol–water partition coefficient (Wildman–Crippen LogP) is 2.91. The molecule has 0 aliphatic carbocycles. The molecular formula is C14H19N3OS. The first-order valence-electron chi connectivity index (χ1n) is 6.24. The van der Waals surface area contributed by atoms with E-state index in [1.165, 1.54) is 10.5 Å². The average Bonchev–Trinajstić information content (AvgIpc) is 2.88. The van der Waals surface area contributed by atoms with E-state index < -0.39 is 0 Å². The molecule has 4 nitrogen and oxygen atoms in total. The van der Waals surface area contributed by atoms with Gasteiger partial charge in [-0.05, 0) is 32.9 Å². The van der Waals surface area contributed by atoms with Gasteiger partial charge in [0.2, 0.25) is 5.89 Å². The third-order valence-corrected chi connectivity index (χ3v) is 3.95. The molecule has 0 aliphatic rings. The van der Waals surface area contributed by atoms with Crippen LogP contribution in [0.5, 0.6) is 0 Å². The summed E-state index contributed by atoms with van der Waals surface area (Å²) < 4.78 is 5.27. The van der Waals surface area contributed by atoms with Gasteiger partial charge in [-0.2, -0.15) is 4.98 Å². The molecule has 5 heteroatoms. The van der Waals surface area contributed by atoms with Gasteiger partial charge in [0.05, 0.1) is 11.2 Å². The summed E-state index contributed by atoms with van der Waals surface area (Å²) in [7, 11) is 0. The maximum absolute atomic E-state index is 5.69. The highest BCUT2D eigenvalue weighted by atomic mass is 32.2. The van der Waals surface area contributed by atoms with Gasteiger partial charge in [0.15, 0.2) is 5.82 Å². The van der Waals surface area contributed by atoms with Crippen molar-refractivity contribution < 1.29 is 4.52 Å². The van der Waals surface area contributed by atoms with Crippen LogP contribution in [0.25, 0.3) is 0 Å². The Bertz CT molecular complexity index is 534. The van der Waals surface area contributed by atoms with Crippen LogP contribution in [-0.2, 0) is 11.2 Å². The summed E-state index contributed by atoms with van der Waals surface area (Å²) in [6, 6.07) is 8.40. The molecule has 102 valence electrons. The molecule has 1 heterocycles. The number of hydrogen-bond donors (Lipinski definition) is 1. The number of benzene rings is 1. The van der Waals surface area contributed by atoms with Crippen molar-refractivity contribution in [2.75, 3.05) is 6.54 Å². The van der Waals surface area contributed by atoms with Crippen LogP contribution < -0.4 is 5.73 Å². The minimum absolute atomic E-state index is 0.264. The Balaban J connectivity index is 1.99. The molecule has 0 saturated carbocycles. The van der Waals surface area contributed by atoms with Crippen molar-refractivity contribution in [2.24, 2.45) is 5.73 Å². The number of nitrogens with zero attached hydrogens (tertiary/aromatic N) is 2. The second-order valence-electron chi connectivity index (χ2n) is 5.21. The van der Waals surface area contributed by atoms with E-state index in [0.29, 0.717) is 24.0 Å². The standard InChI is InChI=1S/C14H19N3OS/c1-10-4-6-11(7-5-10)19-8-12-16-13(18-17-12)14(2,3)9-15/h4-7H,8-9,15H2,1-3H3. The first-order valence-corrected chi connectivity index (χ1v) is 7.22. The minimum atomic E-state index is -0.264. The molecular weight excluding hydrogens is 258 g/mol. The van der Waals surface area contributed by atoms with Crippen LogP contribution in [0.1, 0.15) is 31.1 Å². The zero-order chi connectivity index (χ0) is 13.9. The molecule has 0 spiro atoms. The van der Waals surface area contributed by atoms with Gasteiger partial charge in [0.1, 0.15) is 0 Å². The first kappa shape index (κ1) is 14.1. The van der Waals surface area contributed by atoms with E-state index in [0.717, 1.165) is 0 Å². The lowest BCUT2D eigenvalue weighted by atomic mass is 9.94. The maximum atomic E-state index is 5.69. The molecule has 1 aromatic carbocycles. The van der Waals surface area contributed by atoms with E-state index in [9.17, 15) is 0 Å². The molecule has 0 atom stereocenters. The molecule has 0 saturated heterocycles. The molecule has 1 aromatic heterocycles. The van der Waals surface area contributed by atoms with Crippen LogP contribution in [0.2, 0.25) is 0 Å². The fraction of sp³-hybridized carbons (Fsp3) is 0.429. The lowest BCUT2D eigenvalue weighted by Gasteiger charge is -2.15. The SMILES string of the molecule is Cc1ccc(SCc2noc(C(C)(C)CN)n2)cc1. The smallest absolute Gasteiger partial charge is 0.233 e. The van der Waals surface area contributed by atoms with Crippen molar-refractivity contribution >= 4 is 11.8 Å². The molecule has 0 fully saturated rings. The molecule has 2 rings (SSSR count). The van der Waals surface area contributed by atoms with Crippen LogP contribution >= 0.6 is 11.8 Å². The van der Waals surface area contributed by atoms with E-state index in [2.05, 4.69) is 41.3 Å². The number of aromatic nitrogens is 2. The summed E-state index contributed by atoms with van der Waals surface area (Å²) in [5, 5.41) is 4.00. The number of nitrogens with two attached hydrogens (primary N) is 1. The molecule has 2 aromatic rings. The number of hydrogen-bond acceptors (Lipinski definition) is 5. The second kappa shape index (κ2) is 5.75. The number of rotatable bonds is 5. The van der Waals surface area contributed by atoms with Crippen LogP contribution in [-0.4, -0.2) is 16.7 Å². The Labute approximate surface area is 117 Å². The van der Waals surface area contributed by atoms with Gasteiger partial charge in [0.25, 0.3) is 0 Å². The van der Waals surface area contributed by atoms with Gasteiger partial charge >= 0.3 is 0 Å². The Morgan fingerprint density at radius 2 is 1.95 bits per heavy atom. The summed E-state index contributed by atoms with van der Waals surface area (Å²) in [6.45, 7) is 6.56. The third kappa shape index (κ3) is 3.58. The molecule has 0 amide bonds. The monoisotopic (exact) mass is 277 g/mol. The van der Waals surface area contributed by atoms with E-state index in [1.54, 1.807) is 11.8 Å². The summed E-state index contributed by atoms with van der Waals surface area (Å²) in [6.07, 6.45) is 0. The summed E-state index contributed by atoms with van der Waals surface area (Å²) in [4.78, 5) is 5.61. The molecule has 0 bridgehead atoms. The Morgan fingerprint density at radius 1 is 1.26 bits per heavy atom. The van der Waals surface area contributed by atoms with E-state index >= 15 is 0 Å². The normalized spacial score (nSPS) is 11.8. The highest BCUT2D eigenvalue weighted by Gasteiger charge is 2.25. The van der Waals surface area contributed by atoms with Crippen LogP contribution in [0, 0.1) is 6.92 Å². The molecule has 0 aliphatic heterocycles. The molecule has 2 N–H and O–H groups in total. The highest BCUT2D eigenvalue weighted by Crippen LogP contribution is 2.24. The summed E-state index contributed by atoms with van der Waals surface area (Å²) in [5.41, 5.74) is 6.69. The quantitative estimate of drug-likeness (QED) is 0.851. The van der Waals surface area contributed by atoms with Gasteiger partial charge in [-0.3, -0.25) is 0 Å². The van der Waals surface area contributed by atoms with Crippen LogP contribution in [0.15, 0.2) is 33.7 Å². The predicted molar refractivity (Wildman–Crippen MR) is 77.1 cm³/mol. The Kier molecular flexibility index (Phi) is 4.27.